The van der Waals surface area contributed by atoms with E-state index in [4.69, 9.17) is 24.7 Å². The molecule has 170 valence electrons. The Morgan fingerprint density at radius 3 is 2.58 bits per heavy atom. The Bertz CT molecular complexity index is 1220. The summed E-state index contributed by atoms with van der Waals surface area (Å²) in [6, 6.07) is 15.5. The number of ether oxygens (including phenoxy) is 4. The fourth-order valence-electron chi connectivity index (χ4n) is 3.91. The molecule has 8 heteroatoms. The molecule has 1 atom stereocenters. The van der Waals surface area contributed by atoms with Crippen molar-refractivity contribution in [1.29, 1.82) is 5.26 Å². The van der Waals surface area contributed by atoms with E-state index in [1.165, 1.54) is 0 Å². The number of nitrogens with zero attached hydrogens (tertiary/aromatic N) is 2. The zero-order valence-electron chi connectivity index (χ0n) is 19.0. The van der Waals surface area contributed by atoms with Gasteiger partial charge in [0.2, 0.25) is 11.8 Å². The van der Waals surface area contributed by atoms with Gasteiger partial charge in [0.05, 0.1) is 37.0 Å². The van der Waals surface area contributed by atoms with Crippen molar-refractivity contribution in [1.82, 2.24) is 10.2 Å². The summed E-state index contributed by atoms with van der Waals surface area (Å²) < 4.78 is 22.6. The van der Waals surface area contributed by atoms with Gasteiger partial charge in [-0.1, -0.05) is 12.1 Å². The molecule has 0 bridgehead atoms. The average Bonchev–Trinajstić information content (AvgIpc) is 3.22. The highest BCUT2D eigenvalue weighted by atomic mass is 16.5. The molecule has 2 heterocycles. The highest BCUT2D eigenvalue weighted by molar-refractivity contribution is 5.73. The lowest BCUT2D eigenvalue weighted by Gasteiger charge is -2.24. The van der Waals surface area contributed by atoms with Crippen molar-refractivity contribution in [2.75, 3.05) is 13.7 Å². The predicted molar refractivity (Wildman–Crippen MR) is 123 cm³/mol. The first-order valence-electron chi connectivity index (χ1n) is 10.7. The Hall–Kier alpha value is -4.12. The van der Waals surface area contributed by atoms with Crippen LogP contribution >= 0.6 is 0 Å². The SMILES string of the molecule is CCOc1ccc(-c2[nH]nc3c2[C@H](c2ccc(OC(C)C)cc2)C(C#N)=C(N)O3)cc1OC. The van der Waals surface area contributed by atoms with Crippen LogP contribution < -0.4 is 24.7 Å². The van der Waals surface area contributed by atoms with E-state index in [1.807, 2.05) is 63.2 Å². The summed E-state index contributed by atoms with van der Waals surface area (Å²) in [5, 5.41) is 17.3. The number of nitrogens with one attached hydrogen (secondary N) is 1. The molecule has 0 saturated carbocycles. The Kier molecular flexibility index (Phi) is 6.13. The minimum Gasteiger partial charge on any atom is -0.493 e. The van der Waals surface area contributed by atoms with Gasteiger partial charge in [0.1, 0.15) is 17.4 Å². The second-order valence-corrected chi connectivity index (χ2v) is 7.78. The summed E-state index contributed by atoms with van der Waals surface area (Å²) in [4.78, 5) is 0. The van der Waals surface area contributed by atoms with Crippen LogP contribution in [0.25, 0.3) is 11.3 Å². The third-order valence-corrected chi connectivity index (χ3v) is 5.28. The van der Waals surface area contributed by atoms with Gasteiger partial charge in [-0.05, 0) is 56.7 Å². The lowest BCUT2D eigenvalue weighted by atomic mass is 9.83. The number of allylic oxidation sites excluding steroid dienone is 1. The molecular weight excluding hydrogens is 420 g/mol. The molecule has 1 aliphatic rings. The van der Waals surface area contributed by atoms with E-state index in [-0.39, 0.29) is 12.0 Å². The third kappa shape index (κ3) is 4.17. The Morgan fingerprint density at radius 1 is 1.18 bits per heavy atom. The molecule has 33 heavy (non-hydrogen) atoms. The quantitative estimate of drug-likeness (QED) is 0.549. The van der Waals surface area contributed by atoms with Gasteiger partial charge in [0.25, 0.3) is 0 Å². The van der Waals surface area contributed by atoms with Crippen LogP contribution in [0.5, 0.6) is 23.1 Å². The van der Waals surface area contributed by atoms with Crippen LogP contribution in [0.15, 0.2) is 53.9 Å². The van der Waals surface area contributed by atoms with Gasteiger partial charge in [-0.25, -0.2) is 0 Å². The van der Waals surface area contributed by atoms with Crippen molar-refractivity contribution in [2.45, 2.75) is 32.8 Å². The second kappa shape index (κ2) is 9.17. The van der Waals surface area contributed by atoms with E-state index >= 15 is 0 Å². The summed E-state index contributed by atoms with van der Waals surface area (Å²) in [5.74, 6) is 1.91. The van der Waals surface area contributed by atoms with Crippen LogP contribution in [0.3, 0.4) is 0 Å². The zero-order valence-corrected chi connectivity index (χ0v) is 19.0. The molecule has 1 aromatic heterocycles. The Balaban J connectivity index is 1.83. The fourth-order valence-corrected chi connectivity index (χ4v) is 3.91. The first-order valence-corrected chi connectivity index (χ1v) is 10.7. The van der Waals surface area contributed by atoms with Gasteiger partial charge in [-0.15, -0.1) is 5.10 Å². The van der Waals surface area contributed by atoms with E-state index in [9.17, 15) is 5.26 Å². The van der Waals surface area contributed by atoms with Crippen molar-refractivity contribution >= 4 is 0 Å². The van der Waals surface area contributed by atoms with Crippen molar-refractivity contribution < 1.29 is 18.9 Å². The molecule has 4 rings (SSSR count). The number of nitrogens with two attached hydrogens (primary N) is 1. The normalized spacial score (nSPS) is 15.0. The topological polar surface area (TPSA) is 115 Å². The van der Waals surface area contributed by atoms with E-state index < -0.39 is 5.92 Å². The molecule has 0 unspecified atom stereocenters. The molecular formula is C25H26N4O4. The smallest absolute Gasteiger partial charge is 0.244 e. The lowest BCUT2D eigenvalue weighted by Crippen LogP contribution is -2.21. The number of rotatable bonds is 7. The number of benzene rings is 2. The highest BCUT2D eigenvalue weighted by Crippen LogP contribution is 2.46. The van der Waals surface area contributed by atoms with Gasteiger partial charge in [-0.3, -0.25) is 5.10 Å². The number of hydrogen-bond donors (Lipinski definition) is 2. The summed E-state index contributed by atoms with van der Waals surface area (Å²) in [5.41, 5.74) is 9.53. The van der Waals surface area contributed by atoms with E-state index in [2.05, 4.69) is 16.3 Å². The summed E-state index contributed by atoms with van der Waals surface area (Å²) in [6.07, 6.45) is 0.0610. The van der Waals surface area contributed by atoms with E-state index in [1.54, 1.807) is 7.11 Å². The van der Waals surface area contributed by atoms with Crippen molar-refractivity contribution in [3.05, 3.63) is 65.0 Å². The minimum absolute atomic E-state index is 0.0415. The lowest BCUT2D eigenvalue weighted by molar-refractivity contribution is 0.242. The Morgan fingerprint density at radius 2 is 1.94 bits per heavy atom. The fraction of sp³-hybridized carbons (Fsp3) is 0.280. The van der Waals surface area contributed by atoms with Gasteiger partial charge in [-0.2, -0.15) is 5.26 Å². The van der Waals surface area contributed by atoms with Crippen molar-refractivity contribution in [3.63, 3.8) is 0 Å². The van der Waals surface area contributed by atoms with Crippen molar-refractivity contribution in [2.24, 2.45) is 5.73 Å². The summed E-state index contributed by atoms with van der Waals surface area (Å²) in [7, 11) is 1.59. The number of aromatic nitrogens is 2. The Labute approximate surface area is 192 Å². The first kappa shape index (κ1) is 22.1. The highest BCUT2D eigenvalue weighted by Gasteiger charge is 2.35. The monoisotopic (exact) mass is 446 g/mol. The largest absolute Gasteiger partial charge is 0.493 e. The number of fused-ring (bicyclic) bond motifs is 1. The van der Waals surface area contributed by atoms with Gasteiger partial charge < -0.3 is 24.7 Å². The molecule has 8 nitrogen and oxygen atoms in total. The molecule has 0 radical (unpaired) electrons. The second-order valence-electron chi connectivity index (χ2n) is 7.78. The van der Waals surface area contributed by atoms with Gasteiger partial charge in [0, 0.05) is 5.56 Å². The molecule has 0 saturated heterocycles. The molecule has 3 aromatic rings. The first-order chi connectivity index (χ1) is 16.0. The molecule has 0 aliphatic carbocycles. The number of H-pyrrole nitrogens is 1. The maximum atomic E-state index is 9.91. The van der Waals surface area contributed by atoms with E-state index in [0.29, 0.717) is 35.3 Å². The molecule has 0 fully saturated rings. The maximum Gasteiger partial charge on any atom is 0.244 e. The van der Waals surface area contributed by atoms with E-state index in [0.717, 1.165) is 22.4 Å². The van der Waals surface area contributed by atoms with Crippen LogP contribution in [0.2, 0.25) is 0 Å². The molecule has 2 aromatic carbocycles. The van der Waals surface area contributed by atoms with Crippen molar-refractivity contribution in [3.8, 4) is 40.5 Å². The maximum absolute atomic E-state index is 9.91. The van der Waals surface area contributed by atoms with Crippen LogP contribution in [-0.2, 0) is 0 Å². The molecule has 1 aliphatic heterocycles. The third-order valence-electron chi connectivity index (χ3n) is 5.28. The van der Waals surface area contributed by atoms with Crippen LogP contribution in [0.4, 0.5) is 0 Å². The standard InChI is InChI=1S/C25H26N4O4/c1-5-31-19-11-8-16(12-20(19)30-4)23-22-21(15-6-9-17(10-7-15)32-14(2)3)18(13-26)24(27)33-25(22)29-28-23/h6-12,14,21H,5,27H2,1-4H3,(H,28,29)/t21-/m1/s1. The van der Waals surface area contributed by atoms with Gasteiger partial charge >= 0.3 is 0 Å². The summed E-state index contributed by atoms with van der Waals surface area (Å²) >= 11 is 0. The van der Waals surface area contributed by atoms with Gasteiger partial charge in [0.15, 0.2) is 11.5 Å². The number of methoxy groups -OCH3 is 1. The van der Waals surface area contributed by atoms with Crippen LogP contribution in [-0.4, -0.2) is 30.0 Å². The molecule has 3 N–H and O–H groups in total. The minimum atomic E-state index is -0.460. The molecule has 0 spiro atoms. The summed E-state index contributed by atoms with van der Waals surface area (Å²) in [6.45, 7) is 6.38. The predicted octanol–water partition coefficient (Wildman–Crippen LogP) is 4.49. The number of aromatic amines is 1. The zero-order chi connectivity index (χ0) is 23.5. The number of hydrogen-bond acceptors (Lipinski definition) is 7. The van der Waals surface area contributed by atoms with Crippen LogP contribution in [0, 0.1) is 11.3 Å². The van der Waals surface area contributed by atoms with Crippen LogP contribution in [0.1, 0.15) is 37.8 Å². The average molecular weight is 447 g/mol. The molecule has 0 amide bonds. The number of nitriles is 1.